The minimum Gasteiger partial charge on any atom is -0.494 e. The fourth-order valence-electron chi connectivity index (χ4n) is 2.18. The molecule has 0 heterocycles. The van der Waals surface area contributed by atoms with Crippen molar-refractivity contribution in [3.8, 4) is 5.75 Å². The zero-order chi connectivity index (χ0) is 15.5. The van der Waals surface area contributed by atoms with Crippen LogP contribution >= 0.6 is 0 Å². The van der Waals surface area contributed by atoms with Gasteiger partial charge in [0.2, 0.25) is 0 Å². The molecule has 0 amide bonds. The highest BCUT2D eigenvalue weighted by molar-refractivity contribution is 5.29. The molecule has 0 saturated heterocycles. The number of benzene rings is 1. The van der Waals surface area contributed by atoms with E-state index in [0.717, 1.165) is 24.3 Å². The quantitative estimate of drug-likeness (QED) is 0.634. The van der Waals surface area contributed by atoms with E-state index in [-0.39, 0.29) is 12.3 Å². The molecular formula is C17H29NO3. The summed E-state index contributed by atoms with van der Waals surface area (Å²) in [5, 5.41) is 3.52. The number of rotatable bonds is 11. The molecule has 1 N–H and O–H groups in total. The Kier molecular flexibility index (Phi) is 9.06. The highest BCUT2D eigenvalue weighted by Gasteiger charge is 2.23. The van der Waals surface area contributed by atoms with Gasteiger partial charge in [0.15, 0.2) is 6.29 Å². The zero-order valence-electron chi connectivity index (χ0n) is 13.7. The molecule has 1 aromatic rings. The summed E-state index contributed by atoms with van der Waals surface area (Å²) in [6, 6.07) is 8.16. The van der Waals surface area contributed by atoms with Crippen molar-refractivity contribution >= 4 is 0 Å². The molecule has 4 heteroatoms. The molecular weight excluding hydrogens is 266 g/mol. The molecule has 0 aromatic heterocycles. The lowest BCUT2D eigenvalue weighted by atomic mass is 10.1. The molecule has 0 fully saturated rings. The van der Waals surface area contributed by atoms with Crippen LogP contribution in [0.4, 0.5) is 0 Å². The third kappa shape index (κ3) is 6.04. The van der Waals surface area contributed by atoms with Crippen molar-refractivity contribution in [1.29, 1.82) is 0 Å². The molecule has 120 valence electrons. The first-order valence-corrected chi connectivity index (χ1v) is 7.96. The lowest BCUT2D eigenvalue weighted by Crippen LogP contribution is -2.36. The van der Waals surface area contributed by atoms with Gasteiger partial charge in [0.05, 0.1) is 12.6 Å². The van der Waals surface area contributed by atoms with Crippen LogP contribution in [0.15, 0.2) is 24.3 Å². The van der Waals surface area contributed by atoms with Gasteiger partial charge < -0.3 is 19.5 Å². The van der Waals surface area contributed by atoms with Crippen molar-refractivity contribution < 1.29 is 14.2 Å². The van der Waals surface area contributed by atoms with E-state index in [4.69, 9.17) is 14.2 Å². The predicted octanol–water partition coefficient (Wildman–Crippen LogP) is 3.53. The minimum absolute atomic E-state index is 0.0283. The van der Waals surface area contributed by atoms with Crippen molar-refractivity contribution in [3.05, 3.63) is 29.8 Å². The van der Waals surface area contributed by atoms with Crippen LogP contribution < -0.4 is 10.1 Å². The summed E-state index contributed by atoms with van der Waals surface area (Å²) in [6.45, 7) is 11.0. The molecule has 0 radical (unpaired) electrons. The summed E-state index contributed by atoms with van der Waals surface area (Å²) < 4.78 is 17.0. The topological polar surface area (TPSA) is 39.7 Å². The van der Waals surface area contributed by atoms with E-state index in [1.54, 1.807) is 0 Å². The van der Waals surface area contributed by atoms with Crippen LogP contribution in [0, 0.1) is 0 Å². The van der Waals surface area contributed by atoms with E-state index in [2.05, 4.69) is 24.4 Å². The van der Waals surface area contributed by atoms with Gasteiger partial charge in [0.1, 0.15) is 5.75 Å². The van der Waals surface area contributed by atoms with Crippen LogP contribution in [0.3, 0.4) is 0 Å². The van der Waals surface area contributed by atoms with Gasteiger partial charge in [-0.3, -0.25) is 0 Å². The molecule has 0 aliphatic carbocycles. The summed E-state index contributed by atoms with van der Waals surface area (Å²) >= 11 is 0. The fourth-order valence-corrected chi connectivity index (χ4v) is 2.18. The first kappa shape index (κ1) is 18.0. The lowest BCUT2D eigenvalue weighted by molar-refractivity contribution is -0.155. The Balaban J connectivity index is 2.87. The van der Waals surface area contributed by atoms with Crippen LogP contribution in [0.1, 0.15) is 45.7 Å². The second kappa shape index (κ2) is 10.6. The number of hydrogen-bond acceptors (Lipinski definition) is 4. The average Bonchev–Trinajstić information content (AvgIpc) is 2.50. The molecule has 1 aromatic carbocycles. The summed E-state index contributed by atoms with van der Waals surface area (Å²) in [4.78, 5) is 0. The van der Waals surface area contributed by atoms with Gasteiger partial charge in [0, 0.05) is 13.2 Å². The van der Waals surface area contributed by atoms with E-state index in [9.17, 15) is 0 Å². The zero-order valence-corrected chi connectivity index (χ0v) is 13.7. The predicted molar refractivity (Wildman–Crippen MR) is 85.7 cm³/mol. The average molecular weight is 295 g/mol. The smallest absolute Gasteiger partial charge is 0.176 e. The normalized spacial score (nSPS) is 12.6. The molecule has 0 saturated carbocycles. The molecule has 0 aliphatic rings. The summed E-state index contributed by atoms with van der Waals surface area (Å²) in [6.07, 6.45) is 0.794. The van der Waals surface area contributed by atoms with Crippen LogP contribution in [0.25, 0.3) is 0 Å². The van der Waals surface area contributed by atoms with Crippen molar-refractivity contribution in [2.45, 2.75) is 46.4 Å². The summed E-state index contributed by atoms with van der Waals surface area (Å²) in [7, 11) is 0. The number of hydrogen-bond donors (Lipinski definition) is 1. The highest BCUT2D eigenvalue weighted by Crippen LogP contribution is 2.23. The van der Waals surface area contributed by atoms with Crippen molar-refractivity contribution in [2.75, 3.05) is 26.4 Å². The van der Waals surface area contributed by atoms with E-state index < -0.39 is 0 Å². The lowest BCUT2D eigenvalue weighted by Gasteiger charge is -2.28. The minimum atomic E-state index is -0.274. The SMILES string of the molecule is CCCNC(c1ccc(OCC)cc1)C(OCC)OCC. The van der Waals surface area contributed by atoms with Crippen molar-refractivity contribution in [3.63, 3.8) is 0 Å². The molecule has 0 bridgehead atoms. The van der Waals surface area contributed by atoms with Gasteiger partial charge in [-0.05, 0) is 51.4 Å². The Labute approximate surface area is 128 Å². The van der Waals surface area contributed by atoms with E-state index in [1.165, 1.54) is 0 Å². The Morgan fingerprint density at radius 1 is 0.905 bits per heavy atom. The maximum absolute atomic E-state index is 5.76. The molecule has 1 unspecified atom stereocenters. The molecule has 4 nitrogen and oxygen atoms in total. The van der Waals surface area contributed by atoms with Gasteiger partial charge in [-0.25, -0.2) is 0 Å². The largest absolute Gasteiger partial charge is 0.494 e. The van der Waals surface area contributed by atoms with E-state index in [1.807, 2.05) is 32.9 Å². The van der Waals surface area contributed by atoms with Gasteiger partial charge in [-0.15, -0.1) is 0 Å². The first-order valence-electron chi connectivity index (χ1n) is 7.96. The highest BCUT2D eigenvalue weighted by atomic mass is 16.7. The van der Waals surface area contributed by atoms with Crippen molar-refractivity contribution in [2.24, 2.45) is 0 Å². The Bertz CT molecular complexity index is 361. The van der Waals surface area contributed by atoms with Gasteiger partial charge in [-0.1, -0.05) is 19.1 Å². The molecule has 1 rings (SSSR count). The fraction of sp³-hybridized carbons (Fsp3) is 0.647. The number of nitrogens with one attached hydrogen (secondary N) is 1. The Morgan fingerprint density at radius 2 is 1.52 bits per heavy atom. The monoisotopic (exact) mass is 295 g/mol. The van der Waals surface area contributed by atoms with Crippen LogP contribution in [-0.2, 0) is 9.47 Å². The second-order valence-electron chi connectivity index (χ2n) is 4.71. The van der Waals surface area contributed by atoms with Crippen LogP contribution in [0.5, 0.6) is 5.75 Å². The third-order valence-electron chi connectivity index (χ3n) is 3.10. The van der Waals surface area contributed by atoms with E-state index >= 15 is 0 Å². The maximum atomic E-state index is 5.76. The summed E-state index contributed by atoms with van der Waals surface area (Å²) in [5.74, 6) is 0.889. The van der Waals surface area contributed by atoms with Gasteiger partial charge in [-0.2, -0.15) is 0 Å². The molecule has 0 aliphatic heterocycles. The van der Waals surface area contributed by atoms with Crippen LogP contribution in [0.2, 0.25) is 0 Å². The first-order chi connectivity index (χ1) is 10.3. The van der Waals surface area contributed by atoms with Gasteiger partial charge >= 0.3 is 0 Å². The molecule has 0 spiro atoms. The third-order valence-corrected chi connectivity index (χ3v) is 3.10. The molecule has 21 heavy (non-hydrogen) atoms. The van der Waals surface area contributed by atoms with Gasteiger partial charge in [0.25, 0.3) is 0 Å². The molecule has 1 atom stereocenters. The number of ether oxygens (including phenoxy) is 3. The van der Waals surface area contributed by atoms with Crippen LogP contribution in [-0.4, -0.2) is 32.7 Å². The maximum Gasteiger partial charge on any atom is 0.176 e. The second-order valence-corrected chi connectivity index (χ2v) is 4.71. The summed E-state index contributed by atoms with van der Waals surface area (Å²) in [5.41, 5.74) is 1.15. The Hall–Kier alpha value is -1.10. The standard InChI is InChI=1S/C17H29NO3/c1-5-13-18-16(17(20-7-3)21-8-4)14-9-11-15(12-10-14)19-6-2/h9-12,16-18H,5-8,13H2,1-4H3. The van der Waals surface area contributed by atoms with Crippen molar-refractivity contribution in [1.82, 2.24) is 5.32 Å². The Morgan fingerprint density at radius 3 is 2.00 bits per heavy atom. The van der Waals surface area contributed by atoms with E-state index in [0.29, 0.717) is 19.8 Å².